The summed E-state index contributed by atoms with van der Waals surface area (Å²) in [6, 6.07) is 8.09. The van der Waals surface area contributed by atoms with Crippen LogP contribution in [0.3, 0.4) is 0 Å². The Morgan fingerprint density at radius 2 is 2.05 bits per heavy atom. The maximum absolute atomic E-state index is 11.5. The van der Waals surface area contributed by atoms with E-state index in [1.165, 1.54) is 0 Å². The molecule has 0 radical (unpaired) electrons. The Labute approximate surface area is 115 Å². The predicted octanol–water partition coefficient (Wildman–Crippen LogP) is 2.26. The van der Waals surface area contributed by atoms with Gasteiger partial charge in [0.15, 0.2) is 0 Å². The largest absolute Gasteiger partial charge is 0.496 e. The van der Waals surface area contributed by atoms with Crippen LogP contribution in [0.15, 0.2) is 24.3 Å². The fourth-order valence-electron chi connectivity index (χ4n) is 1.89. The lowest BCUT2D eigenvalue weighted by Gasteiger charge is -2.17. The minimum Gasteiger partial charge on any atom is -0.496 e. The first-order valence-corrected chi connectivity index (χ1v) is 6.82. The van der Waals surface area contributed by atoms with Crippen molar-refractivity contribution < 1.29 is 9.53 Å². The van der Waals surface area contributed by atoms with Gasteiger partial charge in [-0.25, -0.2) is 0 Å². The van der Waals surface area contributed by atoms with Gasteiger partial charge in [-0.3, -0.25) is 4.79 Å². The summed E-state index contributed by atoms with van der Waals surface area (Å²) in [5, 5.41) is 6.20. The number of nitrogens with one attached hydrogen (secondary N) is 2. The molecule has 2 N–H and O–H groups in total. The summed E-state index contributed by atoms with van der Waals surface area (Å²) in [6.07, 6.45) is 1.47. The molecule has 0 heterocycles. The lowest BCUT2D eigenvalue weighted by Crippen LogP contribution is -2.29. The van der Waals surface area contributed by atoms with E-state index in [0.717, 1.165) is 24.3 Å². The summed E-state index contributed by atoms with van der Waals surface area (Å²) in [7, 11) is 1.67. The van der Waals surface area contributed by atoms with E-state index in [9.17, 15) is 4.79 Å². The molecule has 0 aliphatic carbocycles. The molecule has 1 rings (SSSR count). The maximum Gasteiger partial charge on any atom is 0.221 e. The fourth-order valence-corrected chi connectivity index (χ4v) is 1.89. The predicted molar refractivity (Wildman–Crippen MR) is 77.3 cm³/mol. The molecule has 0 aliphatic heterocycles. The van der Waals surface area contributed by atoms with E-state index >= 15 is 0 Å². The van der Waals surface area contributed by atoms with Gasteiger partial charge in [-0.05, 0) is 19.4 Å². The second-order valence-electron chi connectivity index (χ2n) is 4.52. The normalized spacial score (nSPS) is 11.9. The van der Waals surface area contributed by atoms with Gasteiger partial charge in [0.2, 0.25) is 5.91 Å². The molecular weight excluding hydrogens is 240 g/mol. The first kappa shape index (κ1) is 15.5. The zero-order valence-corrected chi connectivity index (χ0v) is 12.0. The maximum atomic E-state index is 11.5. The quantitative estimate of drug-likeness (QED) is 0.757. The van der Waals surface area contributed by atoms with Gasteiger partial charge in [0.05, 0.1) is 7.11 Å². The van der Waals surface area contributed by atoms with Gasteiger partial charge in [-0.1, -0.05) is 25.1 Å². The number of hydrogen-bond acceptors (Lipinski definition) is 3. The number of benzene rings is 1. The van der Waals surface area contributed by atoms with Crippen LogP contribution in [0.2, 0.25) is 0 Å². The summed E-state index contributed by atoms with van der Waals surface area (Å²) < 4.78 is 5.33. The molecule has 0 fully saturated rings. The molecule has 1 unspecified atom stereocenters. The molecule has 0 aromatic heterocycles. The molecule has 0 saturated heterocycles. The van der Waals surface area contributed by atoms with Crippen molar-refractivity contribution in [1.82, 2.24) is 10.6 Å². The lowest BCUT2D eigenvalue weighted by atomic mass is 10.1. The van der Waals surface area contributed by atoms with Crippen LogP contribution in [0.4, 0.5) is 0 Å². The molecule has 0 bridgehead atoms. The third kappa shape index (κ3) is 5.30. The van der Waals surface area contributed by atoms with E-state index < -0.39 is 0 Å². The minimum absolute atomic E-state index is 0.0987. The number of rotatable bonds is 8. The highest BCUT2D eigenvalue weighted by molar-refractivity contribution is 5.75. The summed E-state index contributed by atoms with van der Waals surface area (Å²) in [6.45, 7) is 5.53. The number of amides is 1. The Kier molecular flexibility index (Phi) is 6.97. The highest BCUT2D eigenvalue weighted by Gasteiger charge is 2.10. The van der Waals surface area contributed by atoms with E-state index in [2.05, 4.69) is 17.6 Å². The second-order valence-corrected chi connectivity index (χ2v) is 4.52. The Balaban J connectivity index is 2.38. The van der Waals surface area contributed by atoms with Crippen molar-refractivity contribution in [3.8, 4) is 5.75 Å². The van der Waals surface area contributed by atoms with Gasteiger partial charge in [0.25, 0.3) is 0 Å². The summed E-state index contributed by atoms with van der Waals surface area (Å²) in [5.74, 6) is 0.972. The van der Waals surface area contributed by atoms with Gasteiger partial charge < -0.3 is 15.4 Å². The molecule has 1 amide bonds. The van der Waals surface area contributed by atoms with E-state index in [-0.39, 0.29) is 11.9 Å². The smallest absolute Gasteiger partial charge is 0.221 e. The van der Waals surface area contributed by atoms with E-state index in [1.54, 1.807) is 7.11 Å². The Morgan fingerprint density at radius 3 is 2.74 bits per heavy atom. The number of carbonyl (C=O) groups excluding carboxylic acids is 1. The third-order valence-corrected chi connectivity index (χ3v) is 2.98. The van der Waals surface area contributed by atoms with E-state index in [0.29, 0.717) is 13.0 Å². The van der Waals surface area contributed by atoms with Crippen LogP contribution in [0.5, 0.6) is 5.75 Å². The minimum atomic E-state index is 0.0987. The molecule has 106 valence electrons. The SMILES string of the molecule is CCCNC(=O)CCNC(C)c1ccccc1OC. The monoisotopic (exact) mass is 264 g/mol. The zero-order valence-electron chi connectivity index (χ0n) is 12.0. The standard InChI is InChI=1S/C15H24N2O2/c1-4-10-17-15(18)9-11-16-12(2)13-7-5-6-8-14(13)19-3/h5-8,12,16H,4,9-11H2,1-3H3,(H,17,18). The van der Waals surface area contributed by atoms with Crippen molar-refractivity contribution in [2.24, 2.45) is 0 Å². The highest BCUT2D eigenvalue weighted by Crippen LogP contribution is 2.23. The van der Waals surface area contributed by atoms with Gasteiger partial charge >= 0.3 is 0 Å². The number of ether oxygens (including phenoxy) is 1. The molecule has 1 atom stereocenters. The molecule has 1 aromatic rings. The first-order valence-electron chi connectivity index (χ1n) is 6.82. The fraction of sp³-hybridized carbons (Fsp3) is 0.533. The van der Waals surface area contributed by atoms with Crippen LogP contribution in [0, 0.1) is 0 Å². The van der Waals surface area contributed by atoms with Crippen molar-refractivity contribution in [2.45, 2.75) is 32.7 Å². The van der Waals surface area contributed by atoms with Gasteiger partial charge in [-0.2, -0.15) is 0 Å². The van der Waals surface area contributed by atoms with Crippen molar-refractivity contribution in [2.75, 3.05) is 20.2 Å². The van der Waals surface area contributed by atoms with Crippen molar-refractivity contribution >= 4 is 5.91 Å². The van der Waals surface area contributed by atoms with Gasteiger partial charge in [-0.15, -0.1) is 0 Å². The molecule has 0 spiro atoms. The third-order valence-electron chi connectivity index (χ3n) is 2.98. The van der Waals surface area contributed by atoms with Crippen LogP contribution in [0.1, 0.15) is 38.3 Å². The van der Waals surface area contributed by atoms with Crippen LogP contribution in [-0.4, -0.2) is 26.1 Å². The van der Waals surface area contributed by atoms with E-state index in [1.807, 2.05) is 31.2 Å². The lowest BCUT2D eigenvalue weighted by molar-refractivity contribution is -0.121. The average Bonchev–Trinajstić information content (AvgIpc) is 2.44. The Hall–Kier alpha value is -1.55. The molecule has 0 saturated carbocycles. The average molecular weight is 264 g/mol. The van der Waals surface area contributed by atoms with Crippen LogP contribution >= 0.6 is 0 Å². The molecule has 19 heavy (non-hydrogen) atoms. The van der Waals surface area contributed by atoms with Gasteiger partial charge in [0.1, 0.15) is 5.75 Å². The van der Waals surface area contributed by atoms with Crippen LogP contribution in [0.25, 0.3) is 0 Å². The number of para-hydroxylation sites is 1. The van der Waals surface area contributed by atoms with Crippen molar-refractivity contribution in [1.29, 1.82) is 0 Å². The van der Waals surface area contributed by atoms with Crippen LogP contribution < -0.4 is 15.4 Å². The second kappa shape index (κ2) is 8.53. The van der Waals surface area contributed by atoms with Crippen LogP contribution in [-0.2, 0) is 4.79 Å². The Morgan fingerprint density at radius 1 is 1.32 bits per heavy atom. The summed E-state index contributed by atoms with van der Waals surface area (Å²) in [4.78, 5) is 11.5. The topological polar surface area (TPSA) is 50.4 Å². The Bertz CT molecular complexity index is 393. The van der Waals surface area contributed by atoms with E-state index in [4.69, 9.17) is 4.74 Å². The van der Waals surface area contributed by atoms with Gasteiger partial charge in [0, 0.05) is 31.1 Å². The molecule has 4 nitrogen and oxygen atoms in total. The summed E-state index contributed by atoms with van der Waals surface area (Å²) >= 11 is 0. The number of methoxy groups -OCH3 is 1. The number of hydrogen-bond donors (Lipinski definition) is 2. The zero-order chi connectivity index (χ0) is 14.1. The first-order chi connectivity index (χ1) is 9.19. The van der Waals surface area contributed by atoms with Crippen molar-refractivity contribution in [3.05, 3.63) is 29.8 Å². The molecule has 4 heteroatoms. The molecular formula is C15H24N2O2. The molecule has 0 aliphatic rings. The summed E-state index contributed by atoms with van der Waals surface area (Å²) in [5.41, 5.74) is 1.11. The number of carbonyl (C=O) groups is 1. The van der Waals surface area contributed by atoms with Crippen molar-refractivity contribution in [3.63, 3.8) is 0 Å². The molecule has 1 aromatic carbocycles. The highest BCUT2D eigenvalue weighted by atomic mass is 16.5.